The molecule has 0 heterocycles. The Morgan fingerprint density at radius 3 is 2.87 bits per heavy atom. The van der Waals surface area contributed by atoms with Crippen LogP contribution >= 0.6 is 0 Å². The van der Waals surface area contributed by atoms with Gasteiger partial charge in [-0.25, -0.2) is 4.79 Å². The molecular formula is C12H14O3. The lowest BCUT2D eigenvalue weighted by molar-refractivity contribution is -0.131. The molecule has 1 aromatic rings. The summed E-state index contributed by atoms with van der Waals surface area (Å²) in [6.07, 6.45) is 2.65. The molecule has 0 aliphatic rings. The van der Waals surface area contributed by atoms with Crippen LogP contribution < -0.4 is 4.74 Å². The van der Waals surface area contributed by atoms with Gasteiger partial charge in [-0.2, -0.15) is 0 Å². The van der Waals surface area contributed by atoms with Crippen LogP contribution in [0.15, 0.2) is 24.3 Å². The molecule has 0 aromatic heterocycles. The highest BCUT2D eigenvalue weighted by Gasteiger charge is 2.00. The summed E-state index contributed by atoms with van der Waals surface area (Å²) in [6, 6.07) is 5.67. The van der Waals surface area contributed by atoms with Gasteiger partial charge in [-0.1, -0.05) is 11.6 Å². The number of carboxylic acids is 1. The van der Waals surface area contributed by atoms with Crippen LogP contribution in [-0.2, 0) is 4.79 Å². The zero-order valence-corrected chi connectivity index (χ0v) is 8.86. The lowest BCUT2D eigenvalue weighted by Crippen LogP contribution is -1.94. The molecular weight excluding hydrogens is 192 g/mol. The number of benzene rings is 1. The van der Waals surface area contributed by atoms with Crippen molar-refractivity contribution in [1.82, 2.24) is 0 Å². The van der Waals surface area contributed by atoms with E-state index in [1.54, 1.807) is 6.08 Å². The van der Waals surface area contributed by atoms with Crippen LogP contribution in [0.3, 0.4) is 0 Å². The molecule has 3 heteroatoms. The van der Waals surface area contributed by atoms with Gasteiger partial charge in [-0.3, -0.25) is 0 Å². The first-order chi connectivity index (χ1) is 7.13. The molecule has 0 spiro atoms. The van der Waals surface area contributed by atoms with Gasteiger partial charge in [0.15, 0.2) is 0 Å². The van der Waals surface area contributed by atoms with Crippen molar-refractivity contribution < 1.29 is 14.6 Å². The summed E-state index contributed by atoms with van der Waals surface area (Å²) in [6.45, 7) is 4.41. The average Bonchev–Trinajstić information content (AvgIpc) is 2.18. The second kappa shape index (κ2) is 5.20. The Morgan fingerprint density at radius 1 is 1.53 bits per heavy atom. The third kappa shape index (κ3) is 3.46. The van der Waals surface area contributed by atoms with E-state index in [9.17, 15) is 4.79 Å². The van der Waals surface area contributed by atoms with Crippen molar-refractivity contribution in [3.8, 4) is 5.75 Å². The lowest BCUT2D eigenvalue weighted by Gasteiger charge is -2.07. The maximum absolute atomic E-state index is 10.4. The van der Waals surface area contributed by atoms with E-state index in [4.69, 9.17) is 9.84 Å². The minimum atomic E-state index is -0.959. The third-order valence-electron chi connectivity index (χ3n) is 1.87. The Morgan fingerprint density at radius 2 is 2.27 bits per heavy atom. The molecule has 0 radical (unpaired) electrons. The Kier molecular flexibility index (Phi) is 3.92. The summed E-state index contributed by atoms with van der Waals surface area (Å²) >= 11 is 0. The largest absolute Gasteiger partial charge is 0.493 e. The number of aliphatic carboxylic acids is 1. The summed E-state index contributed by atoms with van der Waals surface area (Å²) in [4.78, 5) is 10.4. The fourth-order valence-corrected chi connectivity index (χ4v) is 1.25. The highest BCUT2D eigenvalue weighted by molar-refractivity contribution is 5.85. The van der Waals surface area contributed by atoms with Gasteiger partial charge in [0, 0.05) is 11.6 Å². The zero-order valence-electron chi connectivity index (χ0n) is 8.86. The minimum absolute atomic E-state index is 0.566. The number of carboxylic acid groups (broad SMARTS) is 1. The molecule has 15 heavy (non-hydrogen) atoms. The van der Waals surface area contributed by atoms with Gasteiger partial charge >= 0.3 is 5.97 Å². The molecule has 0 unspecified atom stereocenters. The van der Waals surface area contributed by atoms with Crippen molar-refractivity contribution in [1.29, 1.82) is 0 Å². The number of aryl methyl sites for hydroxylation is 1. The van der Waals surface area contributed by atoms with Crippen LogP contribution in [0.1, 0.15) is 18.1 Å². The molecule has 0 fully saturated rings. The normalized spacial score (nSPS) is 10.5. The van der Waals surface area contributed by atoms with Gasteiger partial charge in [0.2, 0.25) is 0 Å². The maximum atomic E-state index is 10.4. The van der Waals surface area contributed by atoms with E-state index in [1.807, 2.05) is 32.0 Å². The van der Waals surface area contributed by atoms with Gasteiger partial charge in [-0.05, 0) is 32.1 Å². The average molecular weight is 206 g/mol. The smallest absolute Gasteiger partial charge is 0.328 e. The summed E-state index contributed by atoms with van der Waals surface area (Å²) in [5.74, 6) is -0.250. The molecule has 1 aromatic carbocycles. The van der Waals surface area contributed by atoms with Crippen LogP contribution in [0.4, 0.5) is 0 Å². The van der Waals surface area contributed by atoms with Crippen molar-refractivity contribution in [2.45, 2.75) is 13.8 Å². The lowest BCUT2D eigenvalue weighted by atomic mass is 10.1. The van der Waals surface area contributed by atoms with E-state index in [0.717, 1.165) is 17.2 Å². The van der Waals surface area contributed by atoms with Gasteiger partial charge in [0.05, 0.1) is 6.61 Å². The predicted molar refractivity (Wildman–Crippen MR) is 59.0 cm³/mol. The molecule has 3 nitrogen and oxygen atoms in total. The first kappa shape index (κ1) is 11.3. The fraction of sp³-hybridized carbons (Fsp3) is 0.250. The van der Waals surface area contributed by atoms with E-state index in [2.05, 4.69) is 0 Å². The number of carbonyl (C=O) groups is 1. The van der Waals surface area contributed by atoms with Crippen molar-refractivity contribution >= 4 is 12.0 Å². The van der Waals surface area contributed by atoms with Gasteiger partial charge in [0.1, 0.15) is 5.75 Å². The Labute approximate surface area is 89.0 Å². The first-order valence-electron chi connectivity index (χ1n) is 4.78. The van der Waals surface area contributed by atoms with E-state index in [0.29, 0.717) is 12.4 Å². The van der Waals surface area contributed by atoms with E-state index < -0.39 is 5.97 Å². The molecule has 0 bridgehead atoms. The van der Waals surface area contributed by atoms with Crippen molar-refractivity contribution in [3.63, 3.8) is 0 Å². The van der Waals surface area contributed by atoms with Crippen molar-refractivity contribution in [3.05, 3.63) is 35.4 Å². The van der Waals surface area contributed by atoms with Crippen molar-refractivity contribution in [2.75, 3.05) is 6.61 Å². The molecule has 1 rings (SSSR count). The van der Waals surface area contributed by atoms with Gasteiger partial charge in [-0.15, -0.1) is 0 Å². The van der Waals surface area contributed by atoms with Gasteiger partial charge in [0.25, 0.3) is 0 Å². The van der Waals surface area contributed by atoms with Crippen LogP contribution in [0, 0.1) is 6.92 Å². The zero-order chi connectivity index (χ0) is 11.3. The topological polar surface area (TPSA) is 46.5 Å². The monoisotopic (exact) mass is 206 g/mol. The summed E-state index contributed by atoms with van der Waals surface area (Å²) < 4.78 is 5.38. The molecule has 0 amide bonds. The summed E-state index contributed by atoms with van der Waals surface area (Å²) in [5, 5.41) is 8.54. The minimum Gasteiger partial charge on any atom is -0.493 e. The van der Waals surface area contributed by atoms with Crippen LogP contribution in [0.5, 0.6) is 5.75 Å². The highest BCUT2D eigenvalue weighted by atomic mass is 16.5. The highest BCUT2D eigenvalue weighted by Crippen LogP contribution is 2.21. The third-order valence-corrected chi connectivity index (χ3v) is 1.87. The van der Waals surface area contributed by atoms with Crippen LogP contribution in [-0.4, -0.2) is 17.7 Å². The number of rotatable bonds is 4. The van der Waals surface area contributed by atoms with Crippen LogP contribution in [0.2, 0.25) is 0 Å². The summed E-state index contributed by atoms with van der Waals surface area (Å²) in [7, 11) is 0. The predicted octanol–water partition coefficient (Wildman–Crippen LogP) is 2.49. The van der Waals surface area contributed by atoms with Gasteiger partial charge < -0.3 is 9.84 Å². The maximum Gasteiger partial charge on any atom is 0.328 e. The molecule has 1 N–H and O–H groups in total. The first-order valence-corrected chi connectivity index (χ1v) is 4.78. The summed E-state index contributed by atoms with van der Waals surface area (Å²) in [5.41, 5.74) is 1.86. The number of hydrogen-bond donors (Lipinski definition) is 1. The van der Waals surface area contributed by atoms with E-state index in [1.165, 1.54) is 0 Å². The Bertz CT molecular complexity index is 380. The molecule has 0 aliphatic carbocycles. The number of ether oxygens (including phenoxy) is 1. The Balaban J connectivity index is 3.01. The van der Waals surface area contributed by atoms with E-state index in [-0.39, 0.29) is 0 Å². The van der Waals surface area contributed by atoms with Crippen molar-refractivity contribution in [2.24, 2.45) is 0 Å². The second-order valence-corrected chi connectivity index (χ2v) is 3.15. The quantitative estimate of drug-likeness (QED) is 0.770. The number of hydrogen-bond acceptors (Lipinski definition) is 2. The molecule has 0 aliphatic heterocycles. The molecule has 0 saturated carbocycles. The fourth-order valence-electron chi connectivity index (χ4n) is 1.25. The SMILES string of the molecule is CCOc1ccc(C)cc1/C=C/C(=O)O. The molecule has 0 atom stereocenters. The Hall–Kier alpha value is -1.77. The molecule has 0 saturated heterocycles. The van der Waals surface area contributed by atoms with E-state index >= 15 is 0 Å². The van der Waals surface area contributed by atoms with Crippen LogP contribution in [0.25, 0.3) is 6.08 Å². The standard InChI is InChI=1S/C12H14O3/c1-3-15-11-6-4-9(2)8-10(11)5-7-12(13)14/h4-8H,3H2,1-2H3,(H,13,14)/b7-5+. The second-order valence-electron chi connectivity index (χ2n) is 3.15. The molecule has 80 valence electrons.